The van der Waals surface area contributed by atoms with Crippen molar-refractivity contribution in [1.29, 1.82) is 0 Å². The predicted octanol–water partition coefficient (Wildman–Crippen LogP) is 2.21. The van der Waals surface area contributed by atoms with Crippen molar-refractivity contribution < 1.29 is 9.90 Å². The summed E-state index contributed by atoms with van der Waals surface area (Å²) in [4.78, 5) is 16.4. The van der Waals surface area contributed by atoms with Crippen LogP contribution in [0.4, 0.5) is 0 Å². The average Bonchev–Trinajstić information content (AvgIpc) is 3.05. The first kappa shape index (κ1) is 8.41. The summed E-state index contributed by atoms with van der Waals surface area (Å²) in [5, 5.41) is 8.85. The van der Waals surface area contributed by atoms with E-state index in [1.54, 1.807) is 11.3 Å². The summed E-state index contributed by atoms with van der Waals surface area (Å²) in [5.41, 5.74) is 3.06. The van der Waals surface area contributed by atoms with Crippen molar-refractivity contribution in [3.05, 3.63) is 16.1 Å². The Morgan fingerprint density at radius 1 is 1.57 bits per heavy atom. The van der Waals surface area contributed by atoms with E-state index in [1.807, 2.05) is 5.51 Å². The Balaban J connectivity index is 1.83. The van der Waals surface area contributed by atoms with Gasteiger partial charge in [-0.1, -0.05) is 0 Å². The molecule has 2 aliphatic carbocycles. The van der Waals surface area contributed by atoms with Crippen LogP contribution in [0.1, 0.15) is 41.7 Å². The quantitative estimate of drug-likeness (QED) is 0.830. The number of aliphatic carboxylic acids is 1. The van der Waals surface area contributed by atoms with E-state index in [0.717, 1.165) is 6.42 Å². The predicted molar refractivity (Wildman–Crippen MR) is 52.6 cm³/mol. The first-order valence-corrected chi connectivity index (χ1v) is 5.81. The largest absolute Gasteiger partial charge is 0.481 e. The third-order valence-corrected chi connectivity index (χ3v) is 4.01. The SMILES string of the molecule is O=C(O)[C@@H]1C[C@H]1c1scnc1C1CC1. The number of hydrogen-bond acceptors (Lipinski definition) is 3. The smallest absolute Gasteiger partial charge is 0.307 e. The number of thiazole rings is 1. The zero-order valence-corrected chi connectivity index (χ0v) is 8.46. The highest BCUT2D eigenvalue weighted by molar-refractivity contribution is 7.09. The fourth-order valence-corrected chi connectivity index (χ4v) is 3.02. The minimum absolute atomic E-state index is 0.132. The minimum atomic E-state index is -0.648. The van der Waals surface area contributed by atoms with Gasteiger partial charge in [-0.2, -0.15) is 0 Å². The van der Waals surface area contributed by atoms with Crippen LogP contribution in [0.3, 0.4) is 0 Å². The molecule has 0 aliphatic heterocycles. The van der Waals surface area contributed by atoms with Gasteiger partial charge in [0.1, 0.15) is 0 Å². The summed E-state index contributed by atoms with van der Waals surface area (Å²) in [6, 6.07) is 0. The molecule has 0 amide bonds. The lowest BCUT2D eigenvalue weighted by molar-refractivity contribution is -0.138. The number of carboxylic acids is 1. The van der Waals surface area contributed by atoms with Crippen molar-refractivity contribution in [3.8, 4) is 0 Å². The van der Waals surface area contributed by atoms with E-state index < -0.39 is 5.97 Å². The Labute approximate surface area is 85.8 Å². The number of rotatable bonds is 3. The zero-order valence-electron chi connectivity index (χ0n) is 7.64. The van der Waals surface area contributed by atoms with Crippen LogP contribution >= 0.6 is 11.3 Å². The van der Waals surface area contributed by atoms with Gasteiger partial charge in [0, 0.05) is 16.7 Å². The van der Waals surface area contributed by atoms with Gasteiger partial charge in [0.05, 0.1) is 17.1 Å². The first-order valence-electron chi connectivity index (χ1n) is 4.93. The zero-order chi connectivity index (χ0) is 9.71. The van der Waals surface area contributed by atoms with Gasteiger partial charge in [-0.15, -0.1) is 11.3 Å². The third kappa shape index (κ3) is 1.25. The van der Waals surface area contributed by atoms with Gasteiger partial charge in [0.15, 0.2) is 0 Å². The normalized spacial score (nSPS) is 30.3. The second-order valence-electron chi connectivity index (χ2n) is 4.16. The van der Waals surface area contributed by atoms with Gasteiger partial charge in [-0.3, -0.25) is 4.79 Å². The van der Waals surface area contributed by atoms with E-state index in [0.29, 0.717) is 5.92 Å². The maximum atomic E-state index is 10.7. The summed E-state index contributed by atoms with van der Waals surface area (Å²) in [7, 11) is 0. The summed E-state index contributed by atoms with van der Waals surface area (Å²) in [5.74, 6) is 0.139. The molecule has 0 bridgehead atoms. The molecule has 0 spiro atoms. The summed E-state index contributed by atoms with van der Waals surface area (Å²) < 4.78 is 0. The number of carbonyl (C=O) groups is 1. The van der Waals surface area contributed by atoms with Gasteiger partial charge in [-0.25, -0.2) is 4.98 Å². The number of hydrogen-bond donors (Lipinski definition) is 1. The molecule has 2 atom stereocenters. The molecular weight excluding hydrogens is 198 g/mol. The Hall–Kier alpha value is -0.900. The van der Waals surface area contributed by atoms with Crippen molar-refractivity contribution >= 4 is 17.3 Å². The number of nitrogens with zero attached hydrogens (tertiary/aromatic N) is 1. The second-order valence-corrected chi connectivity index (χ2v) is 5.05. The Bertz CT molecular complexity index is 383. The molecule has 1 aromatic heterocycles. The van der Waals surface area contributed by atoms with E-state index in [9.17, 15) is 4.79 Å². The highest BCUT2D eigenvalue weighted by Gasteiger charge is 2.47. The van der Waals surface area contributed by atoms with Crippen molar-refractivity contribution in [2.45, 2.75) is 31.1 Å². The van der Waals surface area contributed by atoms with Crippen molar-refractivity contribution in [2.75, 3.05) is 0 Å². The molecule has 1 heterocycles. The van der Waals surface area contributed by atoms with E-state index in [1.165, 1.54) is 23.4 Å². The number of aromatic nitrogens is 1. The maximum absolute atomic E-state index is 10.7. The summed E-state index contributed by atoms with van der Waals surface area (Å²) in [6.45, 7) is 0. The van der Waals surface area contributed by atoms with E-state index >= 15 is 0 Å². The van der Waals surface area contributed by atoms with Crippen LogP contribution in [0.25, 0.3) is 0 Å². The van der Waals surface area contributed by atoms with Crippen LogP contribution in [0.2, 0.25) is 0 Å². The molecule has 2 aliphatic rings. The highest BCUT2D eigenvalue weighted by Crippen LogP contribution is 2.53. The van der Waals surface area contributed by atoms with Crippen LogP contribution in [0, 0.1) is 5.92 Å². The van der Waals surface area contributed by atoms with Crippen molar-refractivity contribution in [1.82, 2.24) is 4.98 Å². The molecule has 3 rings (SSSR count). The molecule has 74 valence electrons. The number of carboxylic acid groups (broad SMARTS) is 1. The molecule has 14 heavy (non-hydrogen) atoms. The lowest BCUT2D eigenvalue weighted by Gasteiger charge is -1.97. The van der Waals surface area contributed by atoms with Crippen LogP contribution in [-0.4, -0.2) is 16.1 Å². The fraction of sp³-hybridized carbons (Fsp3) is 0.600. The van der Waals surface area contributed by atoms with E-state index in [4.69, 9.17) is 5.11 Å². The molecule has 0 radical (unpaired) electrons. The van der Waals surface area contributed by atoms with Crippen molar-refractivity contribution in [3.63, 3.8) is 0 Å². The molecule has 2 saturated carbocycles. The molecular formula is C10H11NO2S. The summed E-state index contributed by atoms with van der Waals surface area (Å²) in [6.07, 6.45) is 3.29. The van der Waals surface area contributed by atoms with Gasteiger partial charge < -0.3 is 5.11 Å². The molecule has 1 aromatic rings. The Morgan fingerprint density at radius 3 is 2.93 bits per heavy atom. The minimum Gasteiger partial charge on any atom is -0.481 e. The highest BCUT2D eigenvalue weighted by atomic mass is 32.1. The Kier molecular flexibility index (Phi) is 1.68. The second kappa shape index (κ2) is 2.79. The molecule has 3 nitrogen and oxygen atoms in total. The standard InChI is InChI=1S/C10H11NO2S/c12-10(13)7-3-6(7)9-8(5-1-2-5)11-4-14-9/h4-7H,1-3H2,(H,12,13)/t6-,7-/m1/s1. The molecule has 0 unspecified atom stereocenters. The lowest BCUT2D eigenvalue weighted by atomic mass is 10.2. The van der Waals surface area contributed by atoms with E-state index in [2.05, 4.69) is 4.98 Å². The lowest BCUT2D eigenvalue weighted by Crippen LogP contribution is -1.99. The Morgan fingerprint density at radius 2 is 2.36 bits per heavy atom. The van der Waals surface area contributed by atoms with E-state index in [-0.39, 0.29) is 11.8 Å². The topological polar surface area (TPSA) is 50.2 Å². The first-order chi connectivity index (χ1) is 6.77. The van der Waals surface area contributed by atoms with Crippen LogP contribution in [-0.2, 0) is 4.79 Å². The van der Waals surface area contributed by atoms with Gasteiger partial charge in [0.2, 0.25) is 0 Å². The summed E-state index contributed by atoms with van der Waals surface area (Å²) >= 11 is 1.64. The molecule has 4 heteroatoms. The third-order valence-electron chi connectivity index (χ3n) is 3.03. The molecule has 0 saturated heterocycles. The molecule has 1 N–H and O–H groups in total. The fourth-order valence-electron chi connectivity index (χ4n) is 1.96. The van der Waals surface area contributed by atoms with Crippen LogP contribution < -0.4 is 0 Å². The molecule has 2 fully saturated rings. The van der Waals surface area contributed by atoms with Crippen molar-refractivity contribution in [2.24, 2.45) is 5.92 Å². The monoisotopic (exact) mass is 209 g/mol. The molecule has 0 aromatic carbocycles. The van der Waals surface area contributed by atoms with Gasteiger partial charge in [0.25, 0.3) is 0 Å². The van der Waals surface area contributed by atoms with Gasteiger partial charge >= 0.3 is 5.97 Å². The van der Waals surface area contributed by atoms with Crippen LogP contribution in [0.5, 0.6) is 0 Å². The average molecular weight is 209 g/mol. The van der Waals surface area contributed by atoms with Gasteiger partial charge in [-0.05, 0) is 19.3 Å². The maximum Gasteiger partial charge on any atom is 0.307 e. The van der Waals surface area contributed by atoms with Crippen LogP contribution in [0.15, 0.2) is 5.51 Å².